The van der Waals surface area contributed by atoms with Gasteiger partial charge in [-0.2, -0.15) is 10.2 Å². The van der Waals surface area contributed by atoms with Gasteiger partial charge < -0.3 is 5.32 Å². The first kappa shape index (κ1) is 12.5. The lowest BCUT2D eigenvalue weighted by Crippen LogP contribution is -2.05. The molecule has 2 heterocycles. The average molecular weight is 267 g/mol. The Hall–Kier alpha value is -2.56. The summed E-state index contributed by atoms with van der Waals surface area (Å²) >= 11 is 0. The molecular weight excluding hydrogens is 250 g/mol. The van der Waals surface area contributed by atoms with E-state index >= 15 is 0 Å². The topological polar surface area (TPSA) is 47.7 Å². The zero-order chi connectivity index (χ0) is 13.9. The van der Waals surface area contributed by atoms with Crippen molar-refractivity contribution in [2.45, 2.75) is 13.5 Å². The molecule has 3 aromatic rings. The SMILES string of the molecule is Cc1nn(C)cc1CNc1ccccc1-n1cccn1. The Morgan fingerprint density at radius 3 is 2.75 bits per heavy atom. The molecule has 5 heteroatoms. The number of nitrogens with zero attached hydrogens (tertiary/aromatic N) is 4. The van der Waals surface area contributed by atoms with E-state index in [4.69, 9.17) is 0 Å². The van der Waals surface area contributed by atoms with Gasteiger partial charge in [0, 0.05) is 37.7 Å². The van der Waals surface area contributed by atoms with Gasteiger partial charge in [0.2, 0.25) is 0 Å². The average Bonchev–Trinajstić information content (AvgIpc) is 3.07. The molecule has 1 N–H and O–H groups in total. The first-order chi connectivity index (χ1) is 9.74. The van der Waals surface area contributed by atoms with Crippen molar-refractivity contribution in [2.24, 2.45) is 7.05 Å². The summed E-state index contributed by atoms with van der Waals surface area (Å²) in [4.78, 5) is 0. The minimum atomic E-state index is 0.748. The molecule has 0 aliphatic carbocycles. The Morgan fingerprint density at radius 1 is 1.20 bits per heavy atom. The van der Waals surface area contributed by atoms with E-state index in [-0.39, 0.29) is 0 Å². The maximum atomic E-state index is 4.35. The summed E-state index contributed by atoms with van der Waals surface area (Å²) in [5.74, 6) is 0. The Bertz CT molecular complexity index is 697. The van der Waals surface area contributed by atoms with Gasteiger partial charge in [-0.3, -0.25) is 4.68 Å². The molecule has 0 saturated heterocycles. The lowest BCUT2D eigenvalue weighted by atomic mass is 10.2. The van der Waals surface area contributed by atoms with Crippen LogP contribution in [0.4, 0.5) is 5.69 Å². The fourth-order valence-corrected chi connectivity index (χ4v) is 2.25. The summed E-state index contributed by atoms with van der Waals surface area (Å²) in [6, 6.07) is 10.1. The van der Waals surface area contributed by atoms with Crippen molar-refractivity contribution < 1.29 is 0 Å². The maximum absolute atomic E-state index is 4.35. The van der Waals surface area contributed by atoms with Gasteiger partial charge in [-0.25, -0.2) is 4.68 Å². The summed E-state index contributed by atoms with van der Waals surface area (Å²) in [6.45, 7) is 2.77. The molecule has 0 bridgehead atoms. The molecular formula is C15H17N5. The highest BCUT2D eigenvalue weighted by Crippen LogP contribution is 2.20. The van der Waals surface area contributed by atoms with Gasteiger partial charge >= 0.3 is 0 Å². The van der Waals surface area contributed by atoms with E-state index in [1.807, 2.05) is 60.0 Å². The van der Waals surface area contributed by atoms with Crippen molar-refractivity contribution in [1.82, 2.24) is 19.6 Å². The summed E-state index contributed by atoms with van der Waals surface area (Å²) in [5, 5.41) is 12.1. The van der Waals surface area contributed by atoms with Crippen LogP contribution in [-0.2, 0) is 13.6 Å². The molecule has 0 saturated carbocycles. The van der Waals surface area contributed by atoms with Crippen molar-refractivity contribution in [3.05, 3.63) is 60.2 Å². The summed E-state index contributed by atoms with van der Waals surface area (Å²) in [7, 11) is 1.94. The molecule has 2 aromatic heterocycles. The molecule has 0 fully saturated rings. The van der Waals surface area contributed by atoms with Gasteiger partial charge in [0.25, 0.3) is 0 Å². The van der Waals surface area contributed by atoms with Crippen LogP contribution >= 0.6 is 0 Å². The van der Waals surface area contributed by atoms with Crippen molar-refractivity contribution in [2.75, 3.05) is 5.32 Å². The Morgan fingerprint density at radius 2 is 2.05 bits per heavy atom. The van der Waals surface area contributed by atoms with Crippen LogP contribution in [-0.4, -0.2) is 19.6 Å². The first-order valence-corrected chi connectivity index (χ1v) is 6.56. The van der Waals surface area contributed by atoms with Crippen LogP contribution in [0, 0.1) is 6.92 Å². The number of para-hydroxylation sites is 2. The van der Waals surface area contributed by atoms with Gasteiger partial charge in [-0.05, 0) is 25.1 Å². The molecule has 3 rings (SSSR count). The number of rotatable bonds is 4. The van der Waals surface area contributed by atoms with Gasteiger partial charge in [0.1, 0.15) is 0 Å². The highest BCUT2D eigenvalue weighted by Gasteiger charge is 2.06. The third-order valence-corrected chi connectivity index (χ3v) is 3.24. The van der Waals surface area contributed by atoms with Crippen molar-refractivity contribution in [1.29, 1.82) is 0 Å². The number of hydrogen-bond donors (Lipinski definition) is 1. The van der Waals surface area contributed by atoms with Crippen molar-refractivity contribution in [3.63, 3.8) is 0 Å². The van der Waals surface area contributed by atoms with Crippen LogP contribution in [0.5, 0.6) is 0 Å². The number of anilines is 1. The second kappa shape index (κ2) is 5.21. The predicted molar refractivity (Wildman–Crippen MR) is 78.8 cm³/mol. The number of benzene rings is 1. The highest BCUT2D eigenvalue weighted by molar-refractivity contribution is 5.60. The van der Waals surface area contributed by atoms with Crippen LogP contribution in [0.15, 0.2) is 48.9 Å². The van der Waals surface area contributed by atoms with E-state index in [1.165, 1.54) is 5.56 Å². The van der Waals surface area contributed by atoms with Crippen LogP contribution in [0.25, 0.3) is 5.69 Å². The lowest BCUT2D eigenvalue weighted by Gasteiger charge is -2.11. The number of nitrogens with one attached hydrogen (secondary N) is 1. The van der Waals surface area contributed by atoms with Gasteiger partial charge in [0.15, 0.2) is 0 Å². The zero-order valence-corrected chi connectivity index (χ0v) is 11.6. The fourth-order valence-electron chi connectivity index (χ4n) is 2.25. The molecule has 1 aromatic carbocycles. The first-order valence-electron chi connectivity index (χ1n) is 6.56. The highest BCUT2D eigenvalue weighted by atomic mass is 15.3. The molecule has 20 heavy (non-hydrogen) atoms. The van der Waals surface area contributed by atoms with E-state index in [2.05, 4.69) is 21.6 Å². The predicted octanol–water partition coefficient (Wildman–Crippen LogP) is 2.53. The van der Waals surface area contributed by atoms with Crippen molar-refractivity contribution in [3.8, 4) is 5.69 Å². The zero-order valence-electron chi connectivity index (χ0n) is 11.6. The van der Waals surface area contributed by atoms with Gasteiger partial charge in [0.05, 0.1) is 17.1 Å². The number of aryl methyl sites for hydroxylation is 2. The molecule has 0 amide bonds. The standard InChI is InChI=1S/C15H17N5/c1-12-13(11-19(2)18-12)10-16-14-6-3-4-7-15(14)20-9-5-8-17-20/h3-9,11,16H,10H2,1-2H3. The van der Waals surface area contributed by atoms with E-state index in [1.54, 1.807) is 6.20 Å². The molecule has 0 aliphatic rings. The Labute approximate surface area is 117 Å². The molecule has 0 aliphatic heterocycles. The van der Waals surface area contributed by atoms with Gasteiger partial charge in [-0.1, -0.05) is 12.1 Å². The van der Waals surface area contributed by atoms with Crippen molar-refractivity contribution >= 4 is 5.69 Å². The molecule has 0 spiro atoms. The maximum Gasteiger partial charge on any atom is 0.0876 e. The third kappa shape index (κ3) is 2.42. The van der Waals surface area contributed by atoms with Crippen LogP contribution < -0.4 is 5.32 Å². The van der Waals surface area contributed by atoms with Crippen LogP contribution in [0.2, 0.25) is 0 Å². The fraction of sp³-hybridized carbons (Fsp3) is 0.200. The number of aromatic nitrogens is 4. The monoisotopic (exact) mass is 267 g/mol. The Kier molecular flexibility index (Phi) is 3.25. The molecule has 0 atom stereocenters. The van der Waals surface area contributed by atoms with E-state index in [0.717, 1.165) is 23.6 Å². The summed E-state index contributed by atoms with van der Waals surface area (Å²) in [5.41, 5.74) is 4.35. The third-order valence-electron chi connectivity index (χ3n) is 3.24. The second-order valence-corrected chi connectivity index (χ2v) is 4.73. The van der Waals surface area contributed by atoms with E-state index < -0.39 is 0 Å². The molecule has 0 unspecified atom stereocenters. The second-order valence-electron chi connectivity index (χ2n) is 4.73. The summed E-state index contributed by atoms with van der Waals surface area (Å²) < 4.78 is 3.70. The van der Waals surface area contributed by atoms with E-state index in [0.29, 0.717) is 0 Å². The quantitative estimate of drug-likeness (QED) is 0.790. The minimum absolute atomic E-state index is 0.748. The smallest absolute Gasteiger partial charge is 0.0876 e. The molecule has 0 radical (unpaired) electrons. The molecule has 5 nitrogen and oxygen atoms in total. The Balaban J connectivity index is 1.83. The normalized spacial score (nSPS) is 10.7. The van der Waals surface area contributed by atoms with Gasteiger partial charge in [-0.15, -0.1) is 0 Å². The largest absolute Gasteiger partial charge is 0.379 e. The lowest BCUT2D eigenvalue weighted by molar-refractivity contribution is 0.756. The molecule has 102 valence electrons. The van der Waals surface area contributed by atoms with Crippen LogP contribution in [0.1, 0.15) is 11.3 Å². The van der Waals surface area contributed by atoms with Crippen LogP contribution in [0.3, 0.4) is 0 Å². The summed E-state index contributed by atoms with van der Waals surface area (Å²) in [6.07, 6.45) is 5.76. The van der Waals surface area contributed by atoms with E-state index in [9.17, 15) is 0 Å². The minimum Gasteiger partial charge on any atom is -0.379 e. The number of hydrogen-bond acceptors (Lipinski definition) is 3.